The molecule has 1 atom stereocenters. The number of aliphatic hydroxyl groups is 1. The zero-order valence-corrected chi connectivity index (χ0v) is 7.28. The van der Waals surface area contributed by atoms with Crippen molar-refractivity contribution >= 4 is 0 Å². The Morgan fingerprint density at radius 2 is 2.50 bits per heavy atom. The van der Waals surface area contributed by atoms with Crippen LogP contribution in [0, 0.1) is 11.8 Å². The van der Waals surface area contributed by atoms with Gasteiger partial charge < -0.3 is 5.11 Å². The molecule has 1 rings (SSSR count). The summed E-state index contributed by atoms with van der Waals surface area (Å²) in [5, 5.41) is 13.5. The highest BCUT2D eigenvalue weighted by molar-refractivity contribution is 5.11. The van der Waals surface area contributed by atoms with Crippen LogP contribution in [0.15, 0.2) is 12.4 Å². The van der Waals surface area contributed by atoms with E-state index in [9.17, 15) is 5.11 Å². The molecule has 1 heterocycles. The summed E-state index contributed by atoms with van der Waals surface area (Å²) >= 11 is 0. The summed E-state index contributed by atoms with van der Waals surface area (Å²) in [6, 6.07) is 0. The third-order valence-corrected chi connectivity index (χ3v) is 1.58. The molecule has 0 saturated carbocycles. The third-order valence-electron chi connectivity index (χ3n) is 1.58. The molecule has 0 aliphatic rings. The van der Waals surface area contributed by atoms with Gasteiger partial charge >= 0.3 is 0 Å². The van der Waals surface area contributed by atoms with Crippen molar-refractivity contribution in [2.75, 3.05) is 0 Å². The molecule has 0 aliphatic heterocycles. The molecule has 0 spiro atoms. The first-order valence-electron chi connectivity index (χ1n) is 3.80. The average Bonchev–Trinajstić information content (AvgIpc) is 2.47. The van der Waals surface area contributed by atoms with Gasteiger partial charge in [-0.3, -0.25) is 4.68 Å². The van der Waals surface area contributed by atoms with Crippen LogP contribution in [0.3, 0.4) is 0 Å². The Labute approximate surface area is 72.0 Å². The smallest absolute Gasteiger partial charge is 0.0929 e. The second kappa shape index (κ2) is 3.93. The summed E-state index contributed by atoms with van der Waals surface area (Å²) in [7, 11) is 1.82. The number of aryl methyl sites for hydroxylation is 1. The molecular weight excluding hydrogens is 152 g/mol. The Kier molecular flexibility index (Phi) is 2.89. The second-order valence-electron chi connectivity index (χ2n) is 2.59. The largest absolute Gasteiger partial charge is 0.387 e. The summed E-state index contributed by atoms with van der Waals surface area (Å²) in [6.07, 6.45) is 3.41. The third kappa shape index (κ3) is 2.11. The predicted molar refractivity (Wildman–Crippen MR) is 46.2 cm³/mol. The van der Waals surface area contributed by atoms with Crippen molar-refractivity contribution in [3.63, 3.8) is 0 Å². The van der Waals surface area contributed by atoms with Crippen LogP contribution < -0.4 is 0 Å². The van der Waals surface area contributed by atoms with E-state index in [1.54, 1.807) is 24.0 Å². The molecule has 1 N–H and O–H groups in total. The minimum atomic E-state index is -0.508. The zero-order chi connectivity index (χ0) is 8.97. The van der Waals surface area contributed by atoms with Crippen LogP contribution in [0.1, 0.15) is 25.0 Å². The Balaban J connectivity index is 2.62. The molecule has 0 aliphatic carbocycles. The Morgan fingerprint density at radius 1 is 1.75 bits per heavy atom. The first-order chi connectivity index (χ1) is 5.74. The van der Waals surface area contributed by atoms with Crippen molar-refractivity contribution in [3.8, 4) is 11.8 Å². The molecule has 0 amide bonds. The van der Waals surface area contributed by atoms with Gasteiger partial charge in [-0.1, -0.05) is 0 Å². The Hall–Kier alpha value is -1.27. The molecule has 1 unspecified atom stereocenters. The quantitative estimate of drug-likeness (QED) is 0.658. The highest BCUT2D eigenvalue weighted by Gasteiger charge is 2.06. The second-order valence-corrected chi connectivity index (χ2v) is 2.59. The van der Waals surface area contributed by atoms with Crippen molar-refractivity contribution < 1.29 is 5.11 Å². The van der Waals surface area contributed by atoms with Crippen LogP contribution in [0.2, 0.25) is 0 Å². The molecule has 0 saturated heterocycles. The summed E-state index contributed by atoms with van der Waals surface area (Å²) in [5.41, 5.74) is 0.820. The fourth-order valence-electron chi connectivity index (χ4n) is 0.929. The van der Waals surface area contributed by atoms with Gasteiger partial charge in [0.25, 0.3) is 0 Å². The molecule has 0 bridgehead atoms. The molecule has 3 heteroatoms. The minimum Gasteiger partial charge on any atom is -0.387 e. The van der Waals surface area contributed by atoms with Gasteiger partial charge in [-0.2, -0.15) is 5.10 Å². The highest BCUT2D eigenvalue weighted by atomic mass is 16.3. The molecule has 0 fully saturated rings. The van der Waals surface area contributed by atoms with E-state index < -0.39 is 6.10 Å². The Bertz CT molecular complexity index is 306. The van der Waals surface area contributed by atoms with E-state index in [2.05, 4.69) is 16.9 Å². The van der Waals surface area contributed by atoms with Crippen molar-refractivity contribution in [2.45, 2.75) is 19.4 Å². The summed E-state index contributed by atoms with van der Waals surface area (Å²) in [4.78, 5) is 0. The summed E-state index contributed by atoms with van der Waals surface area (Å²) < 4.78 is 1.66. The van der Waals surface area contributed by atoms with Gasteiger partial charge in [-0.25, -0.2) is 0 Å². The first kappa shape index (κ1) is 8.82. The van der Waals surface area contributed by atoms with Gasteiger partial charge in [-0.05, 0) is 6.92 Å². The topological polar surface area (TPSA) is 38.1 Å². The summed E-state index contributed by atoms with van der Waals surface area (Å²) in [5.74, 6) is 5.56. The SMILES string of the molecule is CC#CCC(O)c1cnn(C)c1. The molecule has 1 aromatic rings. The van der Waals surface area contributed by atoms with Crippen LogP contribution in [-0.2, 0) is 7.05 Å². The number of aromatic nitrogens is 2. The molecule has 0 aromatic carbocycles. The monoisotopic (exact) mass is 164 g/mol. The zero-order valence-electron chi connectivity index (χ0n) is 7.28. The van der Waals surface area contributed by atoms with Gasteiger partial charge in [0.2, 0.25) is 0 Å². The highest BCUT2D eigenvalue weighted by Crippen LogP contribution is 2.13. The maximum Gasteiger partial charge on any atom is 0.0929 e. The lowest BCUT2D eigenvalue weighted by molar-refractivity contribution is 0.184. The molecule has 0 radical (unpaired) electrons. The van der Waals surface area contributed by atoms with E-state index in [1.165, 1.54) is 0 Å². The van der Waals surface area contributed by atoms with Gasteiger partial charge in [0.05, 0.1) is 12.3 Å². The van der Waals surface area contributed by atoms with Gasteiger partial charge in [-0.15, -0.1) is 11.8 Å². The van der Waals surface area contributed by atoms with Crippen molar-refractivity contribution in [3.05, 3.63) is 18.0 Å². The maximum absolute atomic E-state index is 9.51. The molecule has 1 aromatic heterocycles. The number of rotatable bonds is 2. The molecule has 12 heavy (non-hydrogen) atoms. The predicted octanol–water partition coefficient (Wildman–Crippen LogP) is 0.867. The van der Waals surface area contributed by atoms with Gasteiger partial charge in [0.15, 0.2) is 0 Å². The van der Waals surface area contributed by atoms with Crippen LogP contribution in [-0.4, -0.2) is 14.9 Å². The van der Waals surface area contributed by atoms with E-state index in [0.717, 1.165) is 5.56 Å². The lowest BCUT2D eigenvalue weighted by Gasteiger charge is -2.01. The molecule has 3 nitrogen and oxygen atoms in total. The first-order valence-corrected chi connectivity index (χ1v) is 3.80. The van der Waals surface area contributed by atoms with Gasteiger partial charge in [0.1, 0.15) is 0 Å². The summed E-state index contributed by atoms with van der Waals surface area (Å²) in [6.45, 7) is 1.76. The Morgan fingerprint density at radius 3 is 3.00 bits per heavy atom. The van der Waals surface area contributed by atoms with Gasteiger partial charge in [0, 0.05) is 25.2 Å². The van der Waals surface area contributed by atoms with E-state index >= 15 is 0 Å². The normalized spacial score (nSPS) is 11.9. The van der Waals surface area contributed by atoms with E-state index in [4.69, 9.17) is 0 Å². The standard InChI is InChI=1S/C9H12N2O/c1-3-4-5-9(12)8-6-10-11(2)7-8/h6-7,9,12H,5H2,1-2H3. The van der Waals surface area contributed by atoms with Crippen LogP contribution >= 0.6 is 0 Å². The molecular formula is C9H12N2O. The van der Waals surface area contributed by atoms with Crippen molar-refractivity contribution in [1.82, 2.24) is 9.78 Å². The van der Waals surface area contributed by atoms with Crippen molar-refractivity contribution in [2.24, 2.45) is 7.05 Å². The number of aliphatic hydroxyl groups excluding tert-OH is 1. The number of hydrogen-bond donors (Lipinski definition) is 1. The van der Waals surface area contributed by atoms with Crippen LogP contribution in [0.4, 0.5) is 0 Å². The fourth-order valence-corrected chi connectivity index (χ4v) is 0.929. The van der Waals surface area contributed by atoms with Crippen molar-refractivity contribution in [1.29, 1.82) is 0 Å². The van der Waals surface area contributed by atoms with E-state index in [-0.39, 0.29) is 0 Å². The van der Waals surface area contributed by atoms with E-state index in [0.29, 0.717) is 6.42 Å². The number of nitrogens with zero attached hydrogens (tertiary/aromatic N) is 2. The minimum absolute atomic E-state index is 0.474. The lowest BCUT2D eigenvalue weighted by Crippen LogP contribution is -1.93. The maximum atomic E-state index is 9.51. The number of hydrogen-bond acceptors (Lipinski definition) is 2. The average molecular weight is 164 g/mol. The van der Waals surface area contributed by atoms with Crippen LogP contribution in [0.5, 0.6) is 0 Å². The van der Waals surface area contributed by atoms with E-state index in [1.807, 2.05) is 7.05 Å². The molecule has 64 valence electrons. The fraction of sp³-hybridized carbons (Fsp3) is 0.444. The lowest BCUT2D eigenvalue weighted by atomic mass is 10.1. The van der Waals surface area contributed by atoms with Crippen LogP contribution in [0.25, 0.3) is 0 Å².